The number of hydrogen-bond acceptors (Lipinski definition) is 2. The molecule has 2 aromatic carbocycles. The second kappa shape index (κ2) is 5.54. The van der Waals surface area contributed by atoms with Gasteiger partial charge in [0.1, 0.15) is 0 Å². The molecule has 3 aromatic rings. The number of nitrogens with two attached hydrogens (primary N) is 1. The number of aryl methyl sites for hydroxylation is 2. The minimum Gasteiger partial charge on any atom is -0.320 e. The van der Waals surface area contributed by atoms with Gasteiger partial charge in [0.15, 0.2) is 0 Å². The van der Waals surface area contributed by atoms with Crippen molar-refractivity contribution < 1.29 is 0 Å². The normalized spacial score (nSPS) is 12.3. The summed E-state index contributed by atoms with van der Waals surface area (Å²) < 4.78 is 1.86. The predicted molar refractivity (Wildman–Crippen MR) is 85.5 cm³/mol. The molecular formula is C18H19N3. The van der Waals surface area contributed by atoms with Gasteiger partial charge >= 0.3 is 0 Å². The molecule has 1 aromatic heterocycles. The van der Waals surface area contributed by atoms with Crippen LogP contribution >= 0.6 is 0 Å². The van der Waals surface area contributed by atoms with E-state index in [1.165, 1.54) is 11.1 Å². The van der Waals surface area contributed by atoms with Gasteiger partial charge in [0.25, 0.3) is 0 Å². The lowest BCUT2D eigenvalue weighted by Gasteiger charge is -2.14. The third-order valence-electron chi connectivity index (χ3n) is 3.75. The third kappa shape index (κ3) is 2.73. The highest BCUT2D eigenvalue weighted by atomic mass is 15.3. The van der Waals surface area contributed by atoms with E-state index in [1.54, 1.807) is 0 Å². The van der Waals surface area contributed by atoms with Gasteiger partial charge < -0.3 is 5.73 Å². The lowest BCUT2D eigenvalue weighted by atomic mass is 9.96. The molecule has 21 heavy (non-hydrogen) atoms. The summed E-state index contributed by atoms with van der Waals surface area (Å²) in [5, 5.41) is 4.42. The summed E-state index contributed by atoms with van der Waals surface area (Å²) in [4.78, 5) is 0. The van der Waals surface area contributed by atoms with Crippen LogP contribution in [0.15, 0.2) is 60.9 Å². The first-order chi connectivity index (χ1) is 10.1. The van der Waals surface area contributed by atoms with Gasteiger partial charge in [-0.1, -0.05) is 42.0 Å². The Kier molecular flexibility index (Phi) is 3.59. The molecule has 1 atom stereocenters. The van der Waals surface area contributed by atoms with Crippen LogP contribution in [-0.2, 0) is 0 Å². The number of hydrogen-bond donors (Lipinski definition) is 1. The molecule has 0 aliphatic carbocycles. The monoisotopic (exact) mass is 277 g/mol. The van der Waals surface area contributed by atoms with Crippen LogP contribution in [-0.4, -0.2) is 9.78 Å². The first kappa shape index (κ1) is 13.6. The quantitative estimate of drug-likeness (QED) is 0.795. The van der Waals surface area contributed by atoms with E-state index in [0.29, 0.717) is 0 Å². The zero-order valence-electron chi connectivity index (χ0n) is 12.3. The van der Waals surface area contributed by atoms with Crippen molar-refractivity contribution in [2.24, 2.45) is 5.73 Å². The highest BCUT2D eigenvalue weighted by Crippen LogP contribution is 2.24. The third-order valence-corrected chi connectivity index (χ3v) is 3.75. The van der Waals surface area contributed by atoms with Crippen molar-refractivity contribution in [1.82, 2.24) is 9.78 Å². The Bertz CT molecular complexity index is 744. The molecular weight excluding hydrogens is 258 g/mol. The zero-order valence-corrected chi connectivity index (χ0v) is 12.3. The summed E-state index contributed by atoms with van der Waals surface area (Å²) in [7, 11) is 0. The van der Waals surface area contributed by atoms with Crippen molar-refractivity contribution >= 4 is 0 Å². The van der Waals surface area contributed by atoms with E-state index in [-0.39, 0.29) is 6.04 Å². The van der Waals surface area contributed by atoms with E-state index in [9.17, 15) is 0 Å². The molecule has 0 radical (unpaired) electrons. The molecule has 3 rings (SSSR count). The Morgan fingerprint density at radius 2 is 1.81 bits per heavy atom. The van der Waals surface area contributed by atoms with Crippen molar-refractivity contribution in [3.8, 4) is 5.69 Å². The maximum atomic E-state index is 6.42. The first-order valence-corrected chi connectivity index (χ1v) is 7.08. The second-order valence-corrected chi connectivity index (χ2v) is 5.39. The van der Waals surface area contributed by atoms with Gasteiger partial charge in [-0.3, -0.25) is 0 Å². The summed E-state index contributed by atoms with van der Waals surface area (Å²) in [5.41, 5.74) is 12.1. The standard InChI is InChI=1S/C18H19N3/c1-13-8-9-14(2)17(10-13)18(19)15-11-20-21(12-15)16-6-4-3-5-7-16/h3-12,18H,19H2,1-2H3. The Labute approximate surface area is 125 Å². The van der Waals surface area contributed by atoms with Crippen molar-refractivity contribution in [2.45, 2.75) is 19.9 Å². The fourth-order valence-corrected chi connectivity index (χ4v) is 2.49. The molecule has 0 bridgehead atoms. The van der Waals surface area contributed by atoms with E-state index in [1.807, 2.05) is 47.4 Å². The SMILES string of the molecule is Cc1ccc(C)c(C(N)c2cnn(-c3ccccc3)c2)c1. The summed E-state index contributed by atoms with van der Waals surface area (Å²) in [6.45, 7) is 4.18. The van der Waals surface area contributed by atoms with E-state index in [0.717, 1.165) is 16.8 Å². The number of para-hydroxylation sites is 1. The average molecular weight is 277 g/mol. The van der Waals surface area contributed by atoms with Gasteiger partial charge in [-0.15, -0.1) is 0 Å². The highest BCUT2D eigenvalue weighted by Gasteiger charge is 2.14. The highest BCUT2D eigenvalue weighted by molar-refractivity contribution is 5.39. The molecule has 0 amide bonds. The summed E-state index contributed by atoms with van der Waals surface area (Å²) in [5.74, 6) is 0. The molecule has 0 aliphatic rings. The Morgan fingerprint density at radius 1 is 1.05 bits per heavy atom. The van der Waals surface area contributed by atoms with Gasteiger partial charge in [-0.05, 0) is 37.1 Å². The van der Waals surface area contributed by atoms with Gasteiger partial charge in [0.2, 0.25) is 0 Å². The van der Waals surface area contributed by atoms with Crippen molar-refractivity contribution in [2.75, 3.05) is 0 Å². The van der Waals surface area contributed by atoms with E-state index >= 15 is 0 Å². The Morgan fingerprint density at radius 3 is 2.57 bits per heavy atom. The van der Waals surface area contributed by atoms with Crippen LogP contribution < -0.4 is 5.73 Å². The van der Waals surface area contributed by atoms with E-state index in [4.69, 9.17) is 5.73 Å². The summed E-state index contributed by atoms with van der Waals surface area (Å²) in [6.07, 6.45) is 3.85. The predicted octanol–water partition coefficient (Wildman–Crippen LogP) is 3.54. The molecule has 106 valence electrons. The maximum Gasteiger partial charge on any atom is 0.0645 e. The van der Waals surface area contributed by atoms with Gasteiger partial charge in [-0.25, -0.2) is 4.68 Å². The first-order valence-electron chi connectivity index (χ1n) is 7.08. The lowest BCUT2D eigenvalue weighted by Crippen LogP contribution is -2.12. The van der Waals surface area contributed by atoms with Crippen molar-refractivity contribution in [3.63, 3.8) is 0 Å². The van der Waals surface area contributed by atoms with Crippen LogP contribution in [0.5, 0.6) is 0 Å². The minimum absolute atomic E-state index is 0.151. The average Bonchev–Trinajstić information content (AvgIpc) is 3.00. The molecule has 1 unspecified atom stereocenters. The van der Waals surface area contributed by atoms with Crippen molar-refractivity contribution in [3.05, 3.63) is 83.2 Å². The number of benzene rings is 2. The molecule has 0 aliphatic heterocycles. The molecule has 0 saturated heterocycles. The number of nitrogens with zero attached hydrogens (tertiary/aromatic N) is 2. The van der Waals surface area contributed by atoms with Gasteiger partial charge in [0, 0.05) is 11.8 Å². The summed E-state index contributed by atoms with van der Waals surface area (Å²) in [6, 6.07) is 16.3. The Balaban J connectivity index is 1.94. The molecule has 0 saturated carbocycles. The van der Waals surface area contributed by atoms with Crippen LogP contribution in [0.2, 0.25) is 0 Å². The number of rotatable bonds is 3. The topological polar surface area (TPSA) is 43.8 Å². The van der Waals surface area contributed by atoms with Gasteiger partial charge in [0.05, 0.1) is 17.9 Å². The van der Waals surface area contributed by atoms with Gasteiger partial charge in [-0.2, -0.15) is 5.10 Å². The second-order valence-electron chi connectivity index (χ2n) is 5.39. The number of aromatic nitrogens is 2. The fourth-order valence-electron chi connectivity index (χ4n) is 2.49. The summed E-state index contributed by atoms with van der Waals surface area (Å²) >= 11 is 0. The van der Waals surface area contributed by atoms with E-state index in [2.05, 4.69) is 37.1 Å². The zero-order chi connectivity index (χ0) is 14.8. The maximum absolute atomic E-state index is 6.42. The lowest BCUT2D eigenvalue weighted by molar-refractivity contribution is 0.853. The fraction of sp³-hybridized carbons (Fsp3) is 0.167. The molecule has 3 heteroatoms. The minimum atomic E-state index is -0.151. The van der Waals surface area contributed by atoms with E-state index < -0.39 is 0 Å². The molecule has 2 N–H and O–H groups in total. The van der Waals surface area contributed by atoms with Crippen LogP contribution in [0.4, 0.5) is 0 Å². The molecule has 1 heterocycles. The van der Waals surface area contributed by atoms with Crippen LogP contribution in [0, 0.1) is 13.8 Å². The molecule has 3 nitrogen and oxygen atoms in total. The van der Waals surface area contributed by atoms with Crippen LogP contribution in [0.3, 0.4) is 0 Å². The smallest absolute Gasteiger partial charge is 0.0645 e. The molecule has 0 spiro atoms. The largest absolute Gasteiger partial charge is 0.320 e. The van der Waals surface area contributed by atoms with Crippen LogP contribution in [0.1, 0.15) is 28.3 Å². The Hall–Kier alpha value is -2.39. The molecule has 0 fully saturated rings. The van der Waals surface area contributed by atoms with Crippen LogP contribution in [0.25, 0.3) is 5.69 Å². The van der Waals surface area contributed by atoms with Crippen molar-refractivity contribution in [1.29, 1.82) is 0 Å².